The number of hydrogen-bond acceptors (Lipinski definition) is 3. The van der Waals surface area contributed by atoms with Gasteiger partial charge in [0, 0.05) is 12.7 Å². The van der Waals surface area contributed by atoms with Crippen LogP contribution in [0.25, 0.3) is 6.08 Å². The van der Waals surface area contributed by atoms with E-state index in [0.717, 1.165) is 11.3 Å². The fourth-order valence-corrected chi connectivity index (χ4v) is 1.85. The number of hydrogen-bond donors (Lipinski definition) is 0. The first-order chi connectivity index (χ1) is 7.07. The molecule has 78 valence electrons. The molecule has 3 heteroatoms. The molecule has 3 nitrogen and oxygen atoms in total. The van der Waals surface area contributed by atoms with Gasteiger partial charge in [0.25, 0.3) is 0 Å². The Kier molecular flexibility index (Phi) is 2.11. The average molecular weight is 202 g/mol. The second-order valence-corrected chi connectivity index (χ2v) is 4.30. The minimum absolute atomic E-state index is 0.337. The van der Waals surface area contributed by atoms with Crippen molar-refractivity contribution >= 4 is 11.8 Å². The van der Waals surface area contributed by atoms with Gasteiger partial charge in [-0.05, 0) is 36.7 Å². The fourth-order valence-electron chi connectivity index (χ4n) is 1.85. The third-order valence-electron chi connectivity index (χ3n) is 3.15. The molecule has 0 unspecified atom stereocenters. The average Bonchev–Trinajstić information content (AvgIpc) is 2.23. The molecule has 1 heterocycles. The van der Waals surface area contributed by atoms with Gasteiger partial charge < -0.3 is 4.90 Å². The number of para-hydroxylation sites is 1. The van der Waals surface area contributed by atoms with Gasteiger partial charge in [-0.15, -0.1) is 4.91 Å². The molecule has 0 bridgehead atoms. The smallest absolute Gasteiger partial charge is 0.111 e. The van der Waals surface area contributed by atoms with Gasteiger partial charge in [0.05, 0.1) is 5.54 Å². The lowest BCUT2D eigenvalue weighted by Crippen LogP contribution is -2.44. The van der Waals surface area contributed by atoms with Crippen LogP contribution in [-0.4, -0.2) is 12.6 Å². The Morgan fingerprint density at radius 2 is 1.93 bits per heavy atom. The number of anilines is 1. The van der Waals surface area contributed by atoms with Crippen LogP contribution in [0.3, 0.4) is 0 Å². The summed E-state index contributed by atoms with van der Waals surface area (Å²) in [5.41, 5.74) is 2.42. The number of fused-ring (bicyclic) bond motifs is 1. The number of likely N-dealkylation sites (N-methyl/N-ethyl adjacent to an activating group) is 1. The lowest BCUT2D eigenvalue weighted by molar-refractivity contribution is 0.559. The molecule has 0 fully saturated rings. The van der Waals surface area contributed by atoms with Crippen molar-refractivity contribution in [2.24, 2.45) is 5.18 Å². The largest absolute Gasteiger partial charge is 0.363 e. The van der Waals surface area contributed by atoms with Crippen molar-refractivity contribution in [3.05, 3.63) is 40.4 Å². The Balaban J connectivity index is 2.64. The third kappa shape index (κ3) is 1.35. The van der Waals surface area contributed by atoms with E-state index < -0.39 is 0 Å². The Bertz CT molecular complexity index is 435. The summed E-state index contributed by atoms with van der Waals surface area (Å²) in [7, 11) is 1.98. The molecule has 0 atom stereocenters. The Morgan fingerprint density at radius 1 is 1.27 bits per heavy atom. The van der Waals surface area contributed by atoms with Gasteiger partial charge in [-0.25, -0.2) is 0 Å². The van der Waals surface area contributed by atoms with Crippen LogP contribution in [0, 0.1) is 4.91 Å². The quantitative estimate of drug-likeness (QED) is 0.656. The van der Waals surface area contributed by atoms with Crippen molar-refractivity contribution in [3.8, 4) is 0 Å². The molecular weight excluding hydrogens is 188 g/mol. The minimum atomic E-state index is -0.337. The summed E-state index contributed by atoms with van der Waals surface area (Å²) in [5, 5.41) is 3.12. The van der Waals surface area contributed by atoms with E-state index in [2.05, 4.69) is 16.1 Å². The van der Waals surface area contributed by atoms with Crippen LogP contribution in [0.5, 0.6) is 0 Å². The van der Waals surface area contributed by atoms with Gasteiger partial charge in [0.2, 0.25) is 0 Å². The van der Waals surface area contributed by atoms with E-state index >= 15 is 0 Å². The van der Waals surface area contributed by atoms with E-state index in [0.29, 0.717) is 5.70 Å². The molecule has 1 aliphatic rings. The van der Waals surface area contributed by atoms with Crippen molar-refractivity contribution in [2.75, 3.05) is 11.9 Å². The van der Waals surface area contributed by atoms with E-state index in [1.165, 1.54) is 0 Å². The van der Waals surface area contributed by atoms with Crippen LogP contribution in [0.1, 0.15) is 19.4 Å². The summed E-state index contributed by atoms with van der Waals surface area (Å²) >= 11 is 0. The van der Waals surface area contributed by atoms with Crippen molar-refractivity contribution in [1.29, 1.82) is 0 Å². The summed E-state index contributed by atoms with van der Waals surface area (Å²) < 4.78 is 0. The predicted octanol–water partition coefficient (Wildman–Crippen LogP) is 3.02. The summed E-state index contributed by atoms with van der Waals surface area (Å²) in [6.07, 6.45) is 1.86. The standard InChI is InChI=1S/C12H14N2O/c1-12(2)11(13-15)8-9-6-4-5-7-10(9)14(12)3/h4-8H,1-3H3. The topological polar surface area (TPSA) is 32.7 Å². The molecule has 1 aromatic carbocycles. The highest BCUT2D eigenvalue weighted by Gasteiger charge is 2.34. The van der Waals surface area contributed by atoms with E-state index in [4.69, 9.17) is 0 Å². The van der Waals surface area contributed by atoms with Crippen LogP contribution in [-0.2, 0) is 0 Å². The van der Waals surface area contributed by atoms with Crippen molar-refractivity contribution in [2.45, 2.75) is 19.4 Å². The molecule has 0 saturated heterocycles. The molecule has 1 aromatic rings. The Morgan fingerprint density at radius 3 is 2.60 bits per heavy atom. The molecule has 0 spiro atoms. The molecule has 0 amide bonds. The zero-order chi connectivity index (χ0) is 11.1. The molecular formula is C12H14N2O. The lowest BCUT2D eigenvalue weighted by Gasteiger charge is -2.40. The third-order valence-corrected chi connectivity index (χ3v) is 3.15. The molecule has 2 rings (SSSR count). The summed E-state index contributed by atoms with van der Waals surface area (Å²) in [5.74, 6) is 0. The Hall–Kier alpha value is -1.64. The maximum Gasteiger partial charge on any atom is 0.111 e. The summed E-state index contributed by atoms with van der Waals surface area (Å²) in [6.45, 7) is 3.99. The lowest BCUT2D eigenvalue weighted by atomic mass is 9.91. The van der Waals surface area contributed by atoms with E-state index in [1.54, 1.807) is 0 Å². The molecule has 1 aliphatic heterocycles. The maximum atomic E-state index is 10.8. The minimum Gasteiger partial charge on any atom is -0.363 e. The fraction of sp³-hybridized carbons (Fsp3) is 0.333. The van der Waals surface area contributed by atoms with Gasteiger partial charge in [-0.2, -0.15) is 0 Å². The number of rotatable bonds is 1. The van der Waals surface area contributed by atoms with Crippen LogP contribution in [0.4, 0.5) is 5.69 Å². The van der Waals surface area contributed by atoms with Gasteiger partial charge in [0.1, 0.15) is 5.70 Å². The van der Waals surface area contributed by atoms with Crippen LogP contribution in [0.2, 0.25) is 0 Å². The first kappa shape index (κ1) is 9.90. The van der Waals surface area contributed by atoms with Crippen LogP contribution >= 0.6 is 0 Å². The Labute approximate surface area is 89.4 Å². The second-order valence-electron chi connectivity index (χ2n) is 4.30. The van der Waals surface area contributed by atoms with Gasteiger partial charge >= 0.3 is 0 Å². The van der Waals surface area contributed by atoms with Crippen LogP contribution < -0.4 is 4.90 Å². The van der Waals surface area contributed by atoms with E-state index in [1.807, 2.05) is 45.2 Å². The highest BCUT2D eigenvalue weighted by Crippen LogP contribution is 2.37. The highest BCUT2D eigenvalue weighted by atomic mass is 16.3. The van der Waals surface area contributed by atoms with Gasteiger partial charge in [-0.3, -0.25) is 0 Å². The van der Waals surface area contributed by atoms with E-state index in [-0.39, 0.29) is 5.54 Å². The molecule has 0 N–H and O–H groups in total. The molecule has 15 heavy (non-hydrogen) atoms. The summed E-state index contributed by atoms with van der Waals surface area (Å²) in [6, 6.07) is 8.00. The molecule has 0 aromatic heterocycles. The highest BCUT2D eigenvalue weighted by molar-refractivity contribution is 5.75. The molecule has 0 saturated carbocycles. The SMILES string of the molecule is CN1c2ccccc2C=C(N=O)C1(C)C. The maximum absolute atomic E-state index is 10.8. The number of benzene rings is 1. The zero-order valence-electron chi connectivity index (χ0n) is 9.19. The molecule has 0 radical (unpaired) electrons. The zero-order valence-corrected chi connectivity index (χ0v) is 9.19. The normalized spacial score (nSPS) is 18.1. The van der Waals surface area contributed by atoms with Gasteiger partial charge in [0.15, 0.2) is 0 Å². The van der Waals surface area contributed by atoms with Gasteiger partial charge in [-0.1, -0.05) is 18.2 Å². The van der Waals surface area contributed by atoms with Crippen molar-refractivity contribution < 1.29 is 0 Å². The number of nitroso groups, excluding NO2 is 1. The molecule has 0 aliphatic carbocycles. The van der Waals surface area contributed by atoms with Crippen LogP contribution in [0.15, 0.2) is 35.1 Å². The second kappa shape index (κ2) is 3.19. The first-order valence-corrected chi connectivity index (χ1v) is 4.96. The van der Waals surface area contributed by atoms with E-state index in [9.17, 15) is 4.91 Å². The predicted molar refractivity (Wildman–Crippen MR) is 62.7 cm³/mol. The summed E-state index contributed by atoms with van der Waals surface area (Å²) in [4.78, 5) is 12.9. The monoisotopic (exact) mass is 202 g/mol. The van der Waals surface area contributed by atoms with Crippen molar-refractivity contribution in [3.63, 3.8) is 0 Å². The first-order valence-electron chi connectivity index (χ1n) is 4.96. The van der Waals surface area contributed by atoms with Crippen molar-refractivity contribution in [1.82, 2.24) is 0 Å². The number of nitrogens with zero attached hydrogens (tertiary/aromatic N) is 2.